The second-order valence-electron chi connectivity index (χ2n) is 13.8. The fourth-order valence-corrected chi connectivity index (χ4v) is 9.59. The molecule has 0 amide bonds. The predicted octanol–water partition coefficient (Wildman–Crippen LogP) is 7.66. The van der Waals surface area contributed by atoms with Crippen LogP contribution in [0.4, 0.5) is 13.2 Å². The van der Waals surface area contributed by atoms with Crippen molar-refractivity contribution in [2.75, 3.05) is 7.11 Å². The number of hydrogen-bond acceptors (Lipinski definition) is 4. The minimum absolute atomic E-state index is 0.0115. The summed E-state index contributed by atoms with van der Waals surface area (Å²) in [6.45, 7) is 13.9. The zero-order valence-corrected chi connectivity index (χ0v) is 24.8. The molecule has 8 unspecified atom stereocenters. The molecular weight excluding hydrogens is 505 g/mol. The van der Waals surface area contributed by atoms with Crippen LogP contribution in [0.5, 0.6) is 0 Å². The third-order valence-corrected chi connectivity index (χ3v) is 11.5. The van der Waals surface area contributed by atoms with Crippen molar-refractivity contribution in [3.8, 4) is 0 Å². The Kier molecular flexibility index (Phi) is 7.38. The molecule has 0 aromatic rings. The molecule has 4 nitrogen and oxygen atoms in total. The topological polar surface area (TPSA) is 60.4 Å². The average molecular weight is 551 g/mol. The summed E-state index contributed by atoms with van der Waals surface area (Å²) < 4.78 is 47.2. The smallest absolute Gasteiger partial charge is 0.419 e. The molecule has 3 saturated carbocycles. The van der Waals surface area contributed by atoms with Crippen molar-refractivity contribution >= 4 is 17.5 Å². The third-order valence-electron chi connectivity index (χ3n) is 11.5. The number of ether oxygens (including phenoxy) is 1. The highest BCUT2D eigenvalue weighted by Gasteiger charge is 2.66. The molecule has 0 radical (unpaired) electrons. The van der Waals surface area contributed by atoms with Crippen molar-refractivity contribution in [3.05, 3.63) is 23.3 Å². The first-order valence-electron chi connectivity index (χ1n) is 14.7. The van der Waals surface area contributed by atoms with Crippen LogP contribution in [-0.2, 0) is 19.1 Å². The summed E-state index contributed by atoms with van der Waals surface area (Å²) in [5, 5.41) is 0. The van der Waals surface area contributed by atoms with Crippen LogP contribution in [0, 0.1) is 51.2 Å². The lowest BCUT2D eigenvalue weighted by Gasteiger charge is -2.63. The van der Waals surface area contributed by atoms with E-state index < -0.39 is 39.7 Å². The van der Waals surface area contributed by atoms with Crippen molar-refractivity contribution < 1.29 is 32.3 Å². The molecule has 0 saturated heterocycles. The molecule has 5 aliphatic carbocycles. The molecule has 7 heteroatoms. The maximum atomic E-state index is 14.0. The van der Waals surface area contributed by atoms with Crippen LogP contribution in [0.3, 0.4) is 0 Å². The van der Waals surface area contributed by atoms with Crippen LogP contribution < -0.4 is 0 Å². The van der Waals surface area contributed by atoms with Gasteiger partial charge < -0.3 is 4.74 Å². The number of hydrogen-bond donors (Lipinski definition) is 0. The molecule has 0 aromatic carbocycles. The second-order valence-corrected chi connectivity index (χ2v) is 13.8. The number of carbonyl (C=O) groups excluding carboxylic acids is 3. The van der Waals surface area contributed by atoms with E-state index in [2.05, 4.69) is 20.8 Å². The fraction of sp³-hybridized carbons (Fsp3) is 0.781. The van der Waals surface area contributed by atoms with Crippen molar-refractivity contribution in [1.82, 2.24) is 0 Å². The van der Waals surface area contributed by atoms with E-state index >= 15 is 0 Å². The molecule has 0 N–H and O–H groups in total. The van der Waals surface area contributed by atoms with Gasteiger partial charge in [0.15, 0.2) is 11.6 Å². The number of rotatable bonds is 1. The fourth-order valence-electron chi connectivity index (χ4n) is 9.59. The third kappa shape index (κ3) is 4.27. The molecule has 0 aliphatic heterocycles. The number of Topliss-reactive ketones (excluding diaryl/α,β-unsaturated/α-hetero) is 1. The van der Waals surface area contributed by atoms with Crippen LogP contribution >= 0.6 is 0 Å². The summed E-state index contributed by atoms with van der Waals surface area (Å²) >= 11 is 0. The summed E-state index contributed by atoms with van der Waals surface area (Å²) in [5.74, 6) is -2.73. The molecule has 0 bridgehead atoms. The number of ketones is 2. The normalized spacial score (nSPS) is 42.8. The summed E-state index contributed by atoms with van der Waals surface area (Å²) in [4.78, 5) is 40.0. The molecule has 0 heterocycles. The summed E-state index contributed by atoms with van der Waals surface area (Å²) in [7, 11) is 1.42. The van der Waals surface area contributed by atoms with Crippen molar-refractivity contribution in [1.29, 1.82) is 0 Å². The minimum atomic E-state index is -4.73. The minimum Gasteiger partial charge on any atom is -0.469 e. The Bertz CT molecular complexity index is 1120. The molecule has 3 fully saturated rings. The van der Waals surface area contributed by atoms with Crippen LogP contribution in [0.25, 0.3) is 0 Å². The highest BCUT2D eigenvalue weighted by atomic mass is 19.4. The summed E-state index contributed by atoms with van der Waals surface area (Å²) in [6.07, 6.45) is 3.04. The zero-order valence-electron chi connectivity index (χ0n) is 24.8. The Morgan fingerprint density at radius 1 is 0.949 bits per heavy atom. The van der Waals surface area contributed by atoms with Gasteiger partial charge in [0.2, 0.25) is 0 Å². The first kappa shape index (κ1) is 30.0. The van der Waals surface area contributed by atoms with Gasteiger partial charge in [0.05, 0.1) is 18.1 Å². The second kappa shape index (κ2) is 9.58. The number of allylic oxidation sites excluding steroid dienone is 4. The van der Waals surface area contributed by atoms with Crippen LogP contribution in [0.2, 0.25) is 0 Å². The quantitative estimate of drug-likeness (QED) is 0.315. The lowest BCUT2D eigenvalue weighted by molar-refractivity contribution is -0.177. The van der Waals surface area contributed by atoms with E-state index in [-0.39, 0.29) is 40.8 Å². The largest absolute Gasteiger partial charge is 0.469 e. The summed E-state index contributed by atoms with van der Waals surface area (Å²) in [6, 6.07) is 0. The van der Waals surface area contributed by atoms with Crippen LogP contribution in [0.15, 0.2) is 23.3 Å². The maximum Gasteiger partial charge on any atom is 0.419 e. The number of methoxy groups -OCH3 is 1. The van der Waals surface area contributed by atoms with Crippen molar-refractivity contribution in [2.45, 2.75) is 99.6 Å². The Morgan fingerprint density at radius 3 is 2.15 bits per heavy atom. The van der Waals surface area contributed by atoms with E-state index in [1.807, 2.05) is 13.8 Å². The van der Waals surface area contributed by atoms with Gasteiger partial charge in [0.25, 0.3) is 0 Å². The number of halogens is 3. The van der Waals surface area contributed by atoms with Crippen LogP contribution in [-0.4, -0.2) is 30.8 Å². The van der Waals surface area contributed by atoms with E-state index in [1.165, 1.54) is 7.11 Å². The van der Waals surface area contributed by atoms with Crippen molar-refractivity contribution in [2.24, 2.45) is 51.2 Å². The van der Waals surface area contributed by atoms with Gasteiger partial charge >= 0.3 is 12.1 Å². The standard InChI is InChI=1S/C30H39F3O4.C2H6/c1-16-17-7-9-27(4)18-8-10-29(25(36)37-6)12-11-26(2,3)14-19(29)23(18)21(34)13-22(27)28(17,5)15-20(24(16)35)30(31,32)33;1-2/h13,15-19,23H,7-12,14H2,1-6H3;1-2H3. The van der Waals surface area contributed by atoms with E-state index in [0.29, 0.717) is 25.7 Å². The number of esters is 1. The van der Waals surface area contributed by atoms with Gasteiger partial charge in [-0.1, -0.05) is 60.1 Å². The van der Waals surface area contributed by atoms with E-state index in [1.54, 1.807) is 19.9 Å². The highest BCUT2D eigenvalue weighted by Crippen LogP contribution is 2.69. The van der Waals surface area contributed by atoms with Gasteiger partial charge in [-0.15, -0.1) is 0 Å². The molecule has 5 aliphatic rings. The van der Waals surface area contributed by atoms with Gasteiger partial charge in [-0.05, 0) is 79.6 Å². The molecule has 218 valence electrons. The first-order valence-corrected chi connectivity index (χ1v) is 14.7. The monoisotopic (exact) mass is 550 g/mol. The van der Waals surface area contributed by atoms with E-state index in [9.17, 15) is 27.6 Å². The van der Waals surface area contributed by atoms with Gasteiger partial charge in [-0.2, -0.15) is 13.2 Å². The van der Waals surface area contributed by atoms with Crippen LogP contribution in [0.1, 0.15) is 93.4 Å². The van der Waals surface area contributed by atoms with Gasteiger partial charge in [-0.3, -0.25) is 14.4 Å². The SMILES string of the molecule is CC.COC(=O)C12CCC3C(C(=O)C=C4C5(C)C=C(C(F)(F)F)C(=O)C(C)C5CCC43C)C1CC(C)(C)CC2. The Hall–Kier alpha value is -1.92. The maximum absolute atomic E-state index is 14.0. The number of carbonyl (C=O) groups is 3. The molecular formula is C32H45F3O4. The highest BCUT2D eigenvalue weighted by molar-refractivity contribution is 6.00. The lowest BCUT2D eigenvalue weighted by atomic mass is 9.39. The van der Waals surface area contributed by atoms with E-state index in [0.717, 1.165) is 30.9 Å². The average Bonchev–Trinajstić information content (AvgIpc) is 2.87. The molecule has 0 spiro atoms. The Balaban J connectivity index is 0.00000172. The molecule has 0 aromatic heterocycles. The van der Waals surface area contributed by atoms with Gasteiger partial charge in [-0.25, -0.2) is 0 Å². The Labute approximate surface area is 231 Å². The van der Waals surface area contributed by atoms with Gasteiger partial charge in [0, 0.05) is 17.3 Å². The molecule has 8 atom stereocenters. The van der Waals surface area contributed by atoms with E-state index in [4.69, 9.17) is 4.74 Å². The number of alkyl halides is 3. The molecule has 5 rings (SSSR count). The lowest BCUT2D eigenvalue weighted by Crippen LogP contribution is -2.61. The Morgan fingerprint density at radius 2 is 1.56 bits per heavy atom. The van der Waals surface area contributed by atoms with Crippen molar-refractivity contribution in [3.63, 3.8) is 0 Å². The first-order chi connectivity index (χ1) is 18.0. The predicted molar refractivity (Wildman–Crippen MR) is 143 cm³/mol. The number of fused-ring (bicyclic) bond motifs is 7. The molecule has 39 heavy (non-hydrogen) atoms. The summed E-state index contributed by atoms with van der Waals surface area (Å²) in [5.41, 5.74) is -2.51. The zero-order chi connectivity index (χ0) is 29.3. The van der Waals surface area contributed by atoms with Gasteiger partial charge in [0.1, 0.15) is 0 Å².